The van der Waals surface area contributed by atoms with Crippen LogP contribution >= 0.6 is 15.9 Å². The molecular formula is C24H20BrN. The first-order chi connectivity index (χ1) is 12.3. The first-order valence-corrected chi connectivity index (χ1v) is 10.1. The number of hydrogen-bond acceptors (Lipinski definition) is 0. The number of hydrogen-bond donors (Lipinski definition) is 0. The average Bonchev–Trinajstić information content (AvgIpc) is 3.06. The van der Waals surface area contributed by atoms with E-state index in [9.17, 15) is 0 Å². The molecule has 128 valence electrons. The fourth-order valence-corrected chi connectivity index (χ4v) is 6.48. The highest BCUT2D eigenvalue weighted by molar-refractivity contribution is 9.10. The van der Waals surface area contributed by atoms with Gasteiger partial charge in [0.2, 0.25) is 0 Å². The zero-order chi connectivity index (χ0) is 18.0. The lowest BCUT2D eigenvalue weighted by Gasteiger charge is -2.36. The third-order valence-corrected chi connectivity index (χ3v) is 7.42. The van der Waals surface area contributed by atoms with Crippen molar-refractivity contribution in [1.82, 2.24) is 4.57 Å². The van der Waals surface area contributed by atoms with E-state index in [1.807, 2.05) is 0 Å². The molecule has 1 aliphatic heterocycles. The minimum absolute atomic E-state index is 0.0189. The van der Waals surface area contributed by atoms with Crippen LogP contribution in [-0.4, -0.2) is 4.57 Å². The summed E-state index contributed by atoms with van der Waals surface area (Å²) in [6, 6.07) is 18.1. The molecule has 0 N–H and O–H groups in total. The molecule has 0 atom stereocenters. The van der Waals surface area contributed by atoms with E-state index >= 15 is 0 Å². The van der Waals surface area contributed by atoms with Crippen molar-refractivity contribution in [2.75, 3.05) is 0 Å². The number of para-hydroxylation sites is 1. The summed E-state index contributed by atoms with van der Waals surface area (Å²) in [5.41, 5.74) is 9.79. The van der Waals surface area contributed by atoms with Crippen LogP contribution < -0.4 is 0 Å². The fraction of sp³-hybridized carbons (Fsp3) is 0.250. The van der Waals surface area contributed by atoms with Crippen LogP contribution in [0, 0.1) is 0 Å². The Hall–Kier alpha value is -2.06. The Morgan fingerprint density at radius 1 is 0.769 bits per heavy atom. The van der Waals surface area contributed by atoms with Crippen LogP contribution in [0.2, 0.25) is 0 Å². The highest BCUT2D eigenvalue weighted by atomic mass is 79.9. The van der Waals surface area contributed by atoms with Gasteiger partial charge in [0.15, 0.2) is 0 Å². The summed E-state index contributed by atoms with van der Waals surface area (Å²) in [5.74, 6) is 0. The van der Waals surface area contributed by atoms with E-state index in [0.29, 0.717) is 0 Å². The third-order valence-electron chi connectivity index (χ3n) is 6.80. The Morgan fingerprint density at radius 3 is 2.31 bits per heavy atom. The van der Waals surface area contributed by atoms with Crippen molar-refractivity contribution >= 4 is 37.7 Å². The summed E-state index contributed by atoms with van der Waals surface area (Å²) in [6.45, 7) is 9.43. The van der Waals surface area contributed by atoms with Crippen molar-refractivity contribution in [1.29, 1.82) is 0 Å². The molecule has 0 fully saturated rings. The van der Waals surface area contributed by atoms with E-state index in [1.54, 1.807) is 0 Å². The van der Waals surface area contributed by atoms with Crippen LogP contribution in [0.15, 0.2) is 53.0 Å². The topological polar surface area (TPSA) is 4.93 Å². The highest BCUT2D eigenvalue weighted by Gasteiger charge is 2.43. The molecule has 0 saturated heterocycles. The fourth-order valence-electron chi connectivity index (χ4n) is 5.56. The van der Waals surface area contributed by atoms with Gasteiger partial charge in [-0.15, -0.1) is 0 Å². The van der Waals surface area contributed by atoms with Gasteiger partial charge in [0, 0.05) is 26.1 Å². The zero-order valence-corrected chi connectivity index (χ0v) is 17.0. The first kappa shape index (κ1) is 15.0. The van der Waals surface area contributed by atoms with Crippen LogP contribution in [0.5, 0.6) is 0 Å². The molecule has 2 heteroatoms. The van der Waals surface area contributed by atoms with Gasteiger partial charge in [-0.2, -0.15) is 0 Å². The third kappa shape index (κ3) is 1.40. The van der Waals surface area contributed by atoms with E-state index < -0.39 is 0 Å². The lowest BCUT2D eigenvalue weighted by atomic mass is 9.73. The standard InChI is InChI=1S/C24H20BrN/c1-23(2)13-8-5-6-10-17(13)26-18-11-7-9-14-19(18)20-21(24(14,3)4)16(25)12-15(23)22(20)26/h5-12H,1-4H3. The molecule has 4 aromatic rings. The molecule has 0 saturated carbocycles. The molecule has 3 aromatic carbocycles. The Balaban J connectivity index is 2.00. The van der Waals surface area contributed by atoms with Crippen molar-refractivity contribution in [2.45, 2.75) is 38.5 Å². The molecule has 1 aliphatic carbocycles. The smallest absolute Gasteiger partial charge is 0.0586 e. The molecule has 0 spiro atoms. The van der Waals surface area contributed by atoms with Gasteiger partial charge in [0.05, 0.1) is 16.7 Å². The Morgan fingerprint density at radius 2 is 1.50 bits per heavy atom. The predicted molar refractivity (Wildman–Crippen MR) is 113 cm³/mol. The Bertz CT molecular complexity index is 1290. The summed E-state index contributed by atoms with van der Waals surface area (Å²) in [5, 5.41) is 2.89. The molecule has 0 bridgehead atoms. The lowest BCUT2D eigenvalue weighted by Crippen LogP contribution is -2.27. The summed E-state index contributed by atoms with van der Waals surface area (Å²) >= 11 is 3.95. The van der Waals surface area contributed by atoms with E-state index in [0.717, 1.165) is 0 Å². The van der Waals surface area contributed by atoms with E-state index in [2.05, 4.69) is 96.7 Å². The maximum atomic E-state index is 3.95. The molecule has 2 aliphatic rings. The minimum atomic E-state index is -0.0189. The van der Waals surface area contributed by atoms with Gasteiger partial charge in [-0.1, -0.05) is 74.0 Å². The maximum absolute atomic E-state index is 3.95. The number of fused-ring (bicyclic) bond motifs is 3. The summed E-state index contributed by atoms with van der Waals surface area (Å²) in [6.07, 6.45) is 0. The van der Waals surface area contributed by atoms with Crippen LogP contribution in [0.3, 0.4) is 0 Å². The molecule has 26 heavy (non-hydrogen) atoms. The number of rotatable bonds is 0. The summed E-state index contributed by atoms with van der Waals surface area (Å²) < 4.78 is 3.75. The zero-order valence-electron chi connectivity index (χ0n) is 15.4. The number of halogens is 1. The molecular weight excluding hydrogens is 382 g/mol. The van der Waals surface area contributed by atoms with Crippen molar-refractivity contribution in [2.24, 2.45) is 0 Å². The first-order valence-electron chi connectivity index (χ1n) is 9.26. The lowest BCUT2D eigenvalue weighted by molar-refractivity contribution is 0.624. The molecule has 1 aromatic heterocycles. The second-order valence-corrected chi connectivity index (χ2v) is 9.66. The maximum Gasteiger partial charge on any atom is 0.0586 e. The number of aromatic nitrogens is 1. The minimum Gasteiger partial charge on any atom is -0.309 e. The van der Waals surface area contributed by atoms with Crippen molar-refractivity contribution < 1.29 is 0 Å². The highest BCUT2D eigenvalue weighted by Crippen LogP contribution is 2.57. The van der Waals surface area contributed by atoms with Gasteiger partial charge in [0.25, 0.3) is 0 Å². The number of nitrogens with zero attached hydrogens (tertiary/aromatic N) is 1. The van der Waals surface area contributed by atoms with E-state index in [4.69, 9.17) is 0 Å². The second-order valence-electron chi connectivity index (χ2n) is 8.81. The monoisotopic (exact) mass is 401 g/mol. The molecule has 1 nitrogen and oxygen atoms in total. The molecule has 6 rings (SSSR count). The van der Waals surface area contributed by atoms with Gasteiger partial charge >= 0.3 is 0 Å². The largest absolute Gasteiger partial charge is 0.309 e. The van der Waals surface area contributed by atoms with Crippen LogP contribution in [0.1, 0.15) is 49.9 Å². The van der Waals surface area contributed by atoms with Crippen molar-refractivity contribution in [3.05, 3.63) is 75.3 Å². The van der Waals surface area contributed by atoms with E-state index in [1.165, 1.54) is 54.2 Å². The van der Waals surface area contributed by atoms with Crippen LogP contribution in [0.25, 0.3) is 27.5 Å². The van der Waals surface area contributed by atoms with Gasteiger partial charge in [0.1, 0.15) is 0 Å². The average molecular weight is 402 g/mol. The van der Waals surface area contributed by atoms with Gasteiger partial charge < -0.3 is 4.57 Å². The van der Waals surface area contributed by atoms with Crippen molar-refractivity contribution in [3.8, 4) is 5.69 Å². The molecule has 0 amide bonds. The van der Waals surface area contributed by atoms with Crippen LogP contribution in [0.4, 0.5) is 0 Å². The SMILES string of the molecule is CC1(C)c2cccc3c2c2c1c(Br)cc1c2n3-c2ccccc2C1(C)C. The van der Waals surface area contributed by atoms with Gasteiger partial charge in [-0.05, 0) is 40.5 Å². The molecule has 2 heterocycles. The summed E-state index contributed by atoms with van der Waals surface area (Å²) in [4.78, 5) is 0. The Labute approximate surface area is 161 Å². The quantitative estimate of drug-likeness (QED) is 0.304. The summed E-state index contributed by atoms with van der Waals surface area (Å²) in [7, 11) is 0. The molecule has 0 unspecified atom stereocenters. The normalized spacial score (nSPS) is 18.0. The van der Waals surface area contributed by atoms with Gasteiger partial charge in [-0.25, -0.2) is 0 Å². The van der Waals surface area contributed by atoms with Crippen LogP contribution in [-0.2, 0) is 10.8 Å². The molecule has 0 radical (unpaired) electrons. The predicted octanol–water partition coefficient (Wildman–Crippen LogP) is 6.82. The number of benzene rings is 3. The van der Waals surface area contributed by atoms with E-state index in [-0.39, 0.29) is 10.8 Å². The van der Waals surface area contributed by atoms with Gasteiger partial charge in [-0.3, -0.25) is 0 Å². The second kappa shape index (κ2) is 4.26. The van der Waals surface area contributed by atoms with Crippen molar-refractivity contribution in [3.63, 3.8) is 0 Å². The Kier molecular flexibility index (Phi) is 2.46.